The highest BCUT2D eigenvalue weighted by Gasteiger charge is 2.14. The first-order chi connectivity index (χ1) is 8.19. The fourth-order valence-electron chi connectivity index (χ4n) is 1.83. The van der Waals surface area contributed by atoms with Crippen LogP contribution in [-0.4, -0.2) is 25.4 Å². The molecule has 0 aliphatic carbocycles. The van der Waals surface area contributed by atoms with Gasteiger partial charge in [-0.1, -0.05) is 0 Å². The Labute approximate surface area is 99.6 Å². The third-order valence-corrected chi connectivity index (χ3v) is 2.62. The molecule has 1 aromatic carbocycles. The first-order valence-corrected chi connectivity index (χ1v) is 5.56. The van der Waals surface area contributed by atoms with E-state index in [1.54, 1.807) is 13.1 Å². The molecule has 5 heteroatoms. The van der Waals surface area contributed by atoms with E-state index in [1.165, 1.54) is 0 Å². The number of anilines is 2. The molecule has 0 saturated carbocycles. The van der Waals surface area contributed by atoms with Crippen molar-refractivity contribution >= 4 is 23.2 Å². The topological polar surface area (TPSA) is 70.2 Å². The van der Waals surface area contributed by atoms with Gasteiger partial charge in [-0.25, -0.2) is 0 Å². The number of likely N-dealkylation sites (N-methyl/N-ethyl adjacent to an activating group) is 1. The van der Waals surface area contributed by atoms with Crippen LogP contribution < -0.4 is 16.0 Å². The minimum atomic E-state index is -0.0766. The molecule has 0 spiro atoms. The second-order valence-electron chi connectivity index (χ2n) is 4.00. The number of carbonyl (C=O) groups is 2. The van der Waals surface area contributed by atoms with E-state index in [9.17, 15) is 9.59 Å². The summed E-state index contributed by atoms with van der Waals surface area (Å²) in [6, 6.07) is 5.52. The van der Waals surface area contributed by atoms with Crippen molar-refractivity contribution < 1.29 is 9.59 Å². The molecule has 0 atom stereocenters. The maximum atomic E-state index is 11.4. The first kappa shape index (κ1) is 11.6. The SMILES string of the molecule is CNCC(=O)Nc1ccc2c(c1)CCC(=O)N2. The third kappa shape index (κ3) is 2.82. The number of rotatable bonds is 3. The Morgan fingerprint density at radius 2 is 2.24 bits per heavy atom. The van der Waals surface area contributed by atoms with E-state index in [4.69, 9.17) is 0 Å². The summed E-state index contributed by atoms with van der Waals surface area (Å²) in [6.45, 7) is 0.286. The van der Waals surface area contributed by atoms with Crippen molar-refractivity contribution in [2.45, 2.75) is 12.8 Å². The van der Waals surface area contributed by atoms with Crippen molar-refractivity contribution in [1.82, 2.24) is 5.32 Å². The van der Waals surface area contributed by atoms with Gasteiger partial charge >= 0.3 is 0 Å². The van der Waals surface area contributed by atoms with Gasteiger partial charge in [0.1, 0.15) is 0 Å². The Morgan fingerprint density at radius 1 is 1.41 bits per heavy atom. The number of carbonyl (C=O) groups excluding carboxylic acids is 2. The minimum Gasteiger partial charge on any atom is -0.326 e. The highest BCUT2D eigenvalue weighted by molar-refractivity contribution is 5.96. The highest BCUT2D eigenvalue weighted by Crippen LogP contribution is 2.25. The maximum absolute atomic E-state index is 11.4. The van der Waals surface area contributed by atoms with E-state index in [0.717, 1.165) is 23.4 Å². The molecule has 1 aliphatic heterocycles. The summed E-state index contributed by atoms with van der Waals surface area (Å²) < 4.78 is 0. The van der Waals surface area contributed by atoms with Crippen LogP contribution in [0.25, 0.3) is 0 Å². The summed E-state index contributed by atoms with van der Waals surface area (Å²) in [5.41, 5.74) is 2.67. The molecule has 0 fully saturated rings. The zero-order valence-corrected chi connectivity index (χ0v) is 9.67. The fraction of sp³-hybridized carbons (Fsp3) is 0.333. The monoisotopic (exact) mass is 233 g/mol. The predicted octanol–water partition coefficient (Wildman–Crippen LogP) is 0.729. The van der Waals surface area contributed by atoms with Gasteiger partial charge in [-0.05, 0) is 37.2 Å². The van der Waals surface area contributed by atoms with E-state index >= 15 is 0 Å². The van der Waals surface area contributed by atoms with Gasteiger partial charge in [-0.2, -0.15) is 0 Å². The van der Waals surface area contributed by atoms with Gasteiger partial charge in [0.25, 0.3) is 0 Å². The van der Waals surface area contributed by atoms with Crippen LogP contribution in [0, 0.1) is 0 Å². The van der Waals surface area contributed by atoms with Crippen molar-refractivity contribution in [1.29, 1.82) is 0 Å². The molecule has 2 amide bonds. The standard InChI is InChI=1S/C12H15N3O2/c1-13-7-12(17)14-9-3-4-10-8(6-9)2-5-11(16)15-10/h3-4,6,13H,2,5,7H2,1H3,(H,14,17)(H,15,16). The van der Waals surface area contributed by atoms with Crippen LogP contribution in [0.1, 0.15) is 12.0 Å². The largest absolute Gasteiger partial charge is 0.326 e. The molecule has 2 rings (SSSR count). The lowest BCUT2D eigenvalue weighted by Gasteiger charge is -2.17. The number of benzene rings is 1. The molecule has 1 heterocycles. The summed E-state index contributed by atoms with van der Waals surface area (Å²) in [4.78, 5) is 22.6. The second kappa shape index (κ2) is 4.97. The fourth-order valence-corrected chi connectivity index (χ4v) is 1.83. The van der Waals surface area contributed by atoms with Gasteiger partial charge in [-0.3, -0.25) is 9.59 Å². The molecule has 90 valence electrons. The van der Waals surface area contributed by atoms with Crippen molar-refractivity contribution in [3.05, 3.63) is 23.8 Å². The number of amides is 2. The van der Waals surface area contributed by atoms with Crippen LogP contribution in [0.4, 0.5) is 11.4 Å². The molecule has 0 bridgehead atoms. The normalized spacial score (nSPS) is 13.8. The molecule has 0 radical (unpaired) electrons. The Morgan fingerprint density at radius 3 is 3.00 bits per heavy atom. The summed E-state index contributed by atoms with van der Waals surface area (Å²) in [5, 5.41) is 8.38. The lowest BCUT2D eigenvalue weighted by Crippen LogP contribution is -2.25. The molecule has 17 heavy (non-hydrogen) atoms. The molecule has 0 aromatic heterocycles. The van der Waals surface area contributed by atoms with Crippen LogP contribution >= 0.6 is 0 Å². The smallest absolute Gasteiger partial charge is 0.238 e. The Bertz CT molecular complexity index is 457. The molecular weight excluding hydrogens is 218 g/mol. The highest BCUT2D eigenvalue weighted by atomic mass is 16.2. The average molecular weight is 233 g/mol. The van der Waals surface area contributed by atoms with Crippen molar-refractivity contribution in [2.24, 2.45) is 0 Å². The number of nitrogens with one attached hydrogen (secondary N) is 3. The predicted molar refractivity (Wildman–Crippen MR) is 65.9 cm³/mol. The zero-order valence-electron chi connectivity index (χ0n) is 9.67. The number of hydrogen-bond donors (Lipinski definition) is 3. The van der Waals surface area contributed by atoms with E-state index < -0.39 is 0 Å². The summed E-state index contributed by atoms with van der Waals surface area (Å²) >= 11 is 0. The van der Waals surface area contributed by atoms with Crippen LogP contribution in [0.3, 0.4) is 0 Å². The minimum absolute atomic E-state index is 0.0458. The van der Waals surface area contributed by atoms with Gasteiger partial charge in [0.05, 0.1) is 6.54 Å². The van der Waals surface area contributed by atoms with Crippen LogP contribution in [0.5, 0.6) is 0 Å². The molecule has 3 N–H and O–H groups in total. The maximum Gasteiger partial charge on any atom is 0.238 e. The Balaban J connectivity index is 2.11. The third-order valence-electron chi connectivity index (χ3n) is 2.62. The van der Waals surface area contributed by atoms with Crippen molar-refractivity contribution in [3.8, 4) is 0 Å². The summed E-state index contributed by atoms with van der Waals surface area (Å²) in [6.07, 6.45) is 1.22. The van der Waals surface area contributed by atoms with Gasteiger partial charge < -0.3 is 16.0 Å². The lowest BCUT2D eigenvalue weighted by atomic mass is 10.0. The molecule has 5 nitrogen and oxygen atoms in total. The second-order valence-corrected chi connectivity index (χ2v) is 4.00. The number of aryl methyl sites for hydroxylation is 1. The van der Waals surface area contributed by atoms with E-state index in [1.807, 2.05) is 12.1 Å². The summed E-state index contributed by atoms with van der Waals surface area (Å²) in [5.74, 6) is -0.0308. The van der Waals surface area contributed by atoms with Crippen molar-refractivity contribution in [2.75, 3.05) is 24.2 Å². The Hall–Kier alpha value is -1.88. The molecule has 0 saturated heterocycles. The zero-order chi connectivity index (χ0) is 12.3. The van der Waals surface area contributed by atoms with Gasteiger partial charge in [0.2, 0.25) is 11.8 Å². The molecular formula is C12H15N3O2. The van der Waals surface area contributed by atoms with Crippen LogP contribution in [0.2, 0.25) is 0 Å². The summed E-state index contributed by atoms with van der Waals surface area (Å²) in [7, 11) is 1.72. The van der Waals surface area contributed by atoms with Crippen LogP contribution in [0.15, 0.2) is 18.2 Å². The van der Waals surface area contributed by atoms with Gasteiger partial charge in [0.15, 0.2) is 0 Å². The van der Waals surface area contributed by atoms with E-state index in [-0.39, 0.29) is 18.4 Å². The van der Waals surface area contributed by atoms with Gasteiger partial charge in [0, 0.05) is 17.8 Å². The van der Waals surface area contributed by atoms with E-state index in [0.29, 0.717) is 6.42 Å². The number of fused-ring (bicyclic) bond motifs is 1. The first-order valence-electron chi connectivity index (χ1n) is 5.56. The quantitative estimate of drug-likeness (QED) is 0.720. The Kier molecular flexibility index (Phi) is 3.39. The van der Waals surface area contributed by atoms with Gasteiger partial charge in [-0.15, -0.1) is 0 Å². The lowest BCUT2D eigenvalue weighted by molar-refractivity contribution is -0.116. The van der Waals surface area contributed by atoms with Crippen LogP contribution in [-0.2, 0) is 16.0 Å². The van der Waals surface area contributed by atoms with Crippen molar-refractivity contribution in [3.63, 3.8) is 0 Å². The molecule has 0 unspecified atom stereocenters. The number of hydrogen-bond acceptors (Lipinski definition) is 3. The molecule has 1 aromatic rings. The average Bonchev–Trinajstić information content (AvgIpc) is 2.29. The van der Waals surface area contributed by atoms with E-state index in [2.05, 4.69) is 16.0 Å². The molecule has 1 aliphatic rings.